The molecule has 0 bridgehead atoms. The Kier molecular flexibility index (Phi) is 8.45. The van der Waals surface area contributed by atoms with Crippen molar-refractivity contribution in [2.75, 3.05) is 5.90 Å². The van der Waals surface area contributed by atoms with Gasteiger partial charge in [-0.2, -0.15) is 0 Å². The maximum absolute atomic E-state index is 2.63. The molecule has 0 saturated heterocycles. The van der Waals surface area contributed by atoms with Crippen molar-refractivity contribution in [3.05, 3.63) is 214 Å². The largest absolute Gasteiger partial charge is 0.0619 e. The molecule has 12 rings (SSSR count). The Labute approximate surface area is 377 Å². The fraction of sp³-hybridized carbons (Fsp3) is 0.213. The van der Waals surface area contributed by atoms with Crippen LogP contribution in [-0.4, -0.2) is 5.90 Å². The lowest BCUT2D eigenvalue weighted by Gasteiger charge is -2.31. The van der Waals surface area contributed by atoms with Gasteiger partial charge in [0.05, 0.1) is 0 Å². The first-order chi connectivity index (χ1) is 30.3. The maximum atomic E-state index is 2.63. The van der Waals surface area contributed by atoms with Crippen LogP contribution < -0.4 is 21.2 Å². The van der Waals surface area contributed by atoms with Gasteiger partial charge in [0, 0.05) is 27.6 Å². The second-order valence-electron chi connectivity index (χ2n) is 20.6. The topological polar surface area (TPSA) is 0 Å². The Bertz CT molecular complexity index is 2800. The van der Waals surface area contributed by atoms with Gasteiger partial charge < -0.3 is 0 Å². The summed E-state index contributed by atoms with van der Waals surface area (Å²) in [6, 6.07) is 66.8. The van der Waals surface area contributed by atoms with E-state index in [9.17, 15) is 0 Å². The third-order valence-corrected chi connectivity index (χ3v) is 21.7. The molecule has 2 heteroatoms. The first-order valence-corrected chi connectivity index (χ1v) is 25.8. The van der Waals surface area contributed by atoms with E-state index in [1.165, 1.54) is 110 Å². The van der Waals surface area contributed by atoms with Crippen LogP contribution in [0.4, 0.5) is 0 Å². The Balaban J connectivity index is 1.07. The smallest absolute Gasteiger partial charge is 0.0159 e. The number of hydrogen-bond acceptors (Lipinski definition) is 0. The van der Waals surface area contributed by atoms with Gasteiger partial charge in [-0.25, -0.2) is 0 Å². The second-order valence-corrected chi connectivity index (χ2v) is 25.5. The number of benzene rings is 8. The van der Waals surface area contributed by atoms with E-state index in [2.05, 4.69) is 225 Å². The summed E-state index contributed by atoms with van der Waals surface area (Å²) in [5.41, 5.74) is 22.4. The second kappa shape index (κ2) is 13.6. The normalized spacial score (nSPS) is 16.8. The van der Waals surface area contributed by atoms with Crippen LogP contribution >= 0.6 is 15.8 Å². The summed E-state index contributed by atoms with van der Waals surface area (Å²) < 4.78 is 0. The average Bonchev–Trinajstić information content (AvgIpc) is 3.86. The van der Waals surface area contributed by atoms with E-state index in [1.54, 1.807) is 0 Å². The molecule has 308 valence electrons. The molecule has 0 unspecified atom stereocenters. The molecular weight excluding hydrogens is 795 g/mol. The third-order valence-electron chi connectivity index (χ3n) is 15.8. The molecule has 0 spiro atoms. The Hall–Kier alpha value is -5.38. The van der Waals surface area contributed by atoms with Crippen LogP contribution in [0.15, 0.2) is 170 Å². The molecule has 4 aliphatic carbocycles. The molecule has 0 fully saturated rings. The predicted octanol–water partition coefficient (Wildman–Crippen LogP) is 14.4. The van der Waals surface area contributed by atoms with Gasteiger partial charge in [-0.15, -0.1) is 0 Å². The molecule has 0 N–H and O–H groups in total. The molecule has 0 atom stereocenters. The number of hydrogen-bond donors (Lipinski definition) is 0. The summed E-state index contributed by atoms with van der Waals surface area (Å²) in [7, 11) is -1.62. The van der Waals surface area contributed by atoms with E-state index in [0.717, 1.165) is 5.90 Å². The molecule has 0 amide bonds. The molecule has 0 heterocycles. The van der Waals surface area contributed by atoms with Gasteiger partial charge in [0.1, 0.15) is 0 Å². The van der Waals surface area contributed by atoms with Crippen molar-refractivity contribution in [3.8, 4) is 44.5 Å². The van der Waals surface area contributed by atoms with Gasteiger partial charge in [0.15, 0.2) is 0 Å². The minimum Gasteiger partial charge on any atom is -0.0619 e. The molecule has 8 aromatic carbocycles. The van der Waals surface area contributed by atoms with Crippen molar-refractivity contribution in [1.29, 1.82) is 0 Å². The Morgan fingerprint density at radius 1 is 0.254 bits per heavy atom. The zero-order valence-electron chi connectivity index (χ0n) is 37.8. The highest BCUT2D eigenvalue weighted by Gasteiger charge is 2.41. The minimum absolute atomic E-state index is 0.0730. The molecule has 63 heavy (non-hydrogen) atoms. The summed E-state index contributed by atoms with van der Waals surface area (Å²) in [5, 5.41) is 5.92. The lowest BCUT2D eigenvalue weighted by Crippen LogP contribution is -2.25. The maximum Gasteiger partial charge on any atom is 0.0159 e. The van der Waals surface area contributed by atoms with Gasteiger partial charge in [-0.05, 0) is 150 Å². The lowest BCUT2D eigenvalue weighted by molar-refractivity contribution is 0.660. The van der Waals surface area contributed by atoms with Crippen molar-refractivity contribution in [2.45, 2.75) is 77.0 Å². The van der Waals surface area contributed by atoms with Crippen molar-refractivity contribution in [1.82, 2.24) is 0 Å². The van der Waals surface area contributed by atoms with Crippen molar-refractivity contribution in [2.24, 2.45) is 0 Å². The molecule has 0 saturated carbocycles. The highest BCUT2D eigenvalue weighted by Crippen LogP contribution is 2.57. The van der Waals surface area contributed by atoms with Gasteiger partial charge >= 0.3 is 0 Å². The lowest BCUT2D eigenvalue weighted by atomic mass is 9.82. The summed E-state index contributed by atoms with van der Waals surface area (Å²) in [4.78, 5) is 0. The fourth-order valence-electron chi connectivity index (χ4n) is 12.2. The zero-order valence-corrected chi connectivity index (χ0v) is 39.6. The van der Waals surface area contributed by atoms with Crippen LogP contribution in [0.3, 0.4) is 0 Å². The van der Waals surface area contributed by atoms with Crippen molar-refractivity contribution < 1.29 is 0 Å². The average molecular weight is 849 g/mol. The molecule has 0 nitrogen and oxygen atoms in total. The number of rotatable bonds is 6. The van der Waals surface area contributed by atoms with E-state index in [1.807, 2.05) is 0 Å². The van der Waals surface area contributed by atoms with E-state index < -0.39 is 15.8 Å². The van der Waals surface area contributed by atoms with E-state index in [-0.39, 0.29) is 21.7 Å². The van der Waals surface area contributed by atoms with Crippen LogP contribution in [0.1, 0.15) is 99.9 Å². The molecule has 0 radical (unpaired) electrons. The highest BCUT2D eigenvalue weighted by molar-refractivity contribution is 7.88. The van der Waals surface area contributed by atoms with Crippen LogP contribution in [0.25, 0.3) is 44.5 Å². The molecule has 4 aliphatic rings. The molecular formula is C61H54P2. The quantitative estimate of drug-likeness (QED) is 0.146. The molecule has 0 aromatic heterocycles. The van der Waals surface area contributed by atoms with Crippen LogP contribution in [0, 0.1) is 0 Å². The van der Waals surface area contributed by atoms with Crippen LogP contribution in [0.5, 0.6) is 0 Å². The minimum atomic E-state index is -0.809. The van der Waals surface area contributed by atoms with E-state index in [4.69, 9.17) is 0 Å². The van der Waals surface area contributed by atoms with Gasteiger partial charge in [0.25, 0.3) is 0 Å². The summed E-state index contributed by atoms with van der Waals surface area (Å²) in [5.74, 6) is 1.07. The van der Waals surface area contributed by atoms with Gasteiger partial charge in [-0.1, -0.05) is 201 Å². The van der Waals surface area contributed by atoms with E-state index >= 15 is 0 Å². The zero-order chi connectivity index (χ0) is 43.2. The Morgan fingerprint density at radius 2 is 0.460 bits per heavy atom. The summed E-state index contributed by atoms with van der Waals surface area (Å²) in [6.07, 6.45) is 0. The SMILES string of the molecule is CC1(C)c2ccccc2-c2ccc(P(CP(c3ccc4c(c3)C(C)(C)c3ccccc3-4)c3ccc4c(c3)C(C)(C)c3ccccc3-4)c3ccc4c(c3)C(C)(C)c3ccccc3-4)cc21. The van der Waals surface area contributed by atoms with E-state index in [0.29, 0.717) is 0 Å². The molecule has 8 aromatic rings. The van der Waals surface area contributed by atoms with Gasteiger partial charge in [-0.3, -0.25) is 0 Å². The van der Waals surface area contributed by atoms with Crippen molar-refractivity contribution in [3.63, 3.8) is 0 Å². The Morgan fingerprint density at radius 3 is 0.698 bits per heavy atom. The third kappa shape index (κ3) is 5.54. The standard InChI is InChI=1S/C61H54P2/c1-58(2)50-21-13-9-17-42(50)46-29-25-38(33-54(46)58)62(39-26-30-47-43-18-10-14-22-51(43)59(3,4)55(47)34-39)37-63(40-27-31-48-44-19-11-15-23-52(44)60(5,6)56(48)35-40)41-28-32-49-45-20-12-16-24-53(45)61(7,8)57(49)36-41/h9-36H,37H2,1-8H3. The summed E-state index contributed by atoms with van der Waals surface area (Å²) >= 11 is 0. The molecule has 0 aliphatic heterocycles. The van der Waals surface area contributed by atoms with Crippen LogP contribution in [-0.2, 0) is 21.7 Å². The van der Waals surface area contributed by atoms with Gasteiger partial charge in [0.2, 0.25) is 0 Å². The van der Waals surface area contributed by atoms with Crippen molar-refractivity contribution >= 4 is 37.1 Å². The monoisotopic (exact) mass is 848 g/mol. The fourth-order valence-corrected chi connectivity index (χ4v) is 18.7. The predicted molar refractivity (Wildman–Crippen MR) is 273 cm³/mol. The number of fused-ring (bicyclic) bond motifs is 12. The first-order valence-electron chi connectivity index (χ1n) is 22.8. The highest BCUT2D eigenvalue weighted by atomic mass is 31.2. The first kappa shape index (κ1) is 39.2. The van der Waals surface area contributed by atoms with Crippen LogP contribution in [0.2, 0.25) is 0 Å². The summed E-state index contributed by atoms with van der Waals surface area (Å²) in [6.45, 7) is 19.4.